The zero-order valence-corrected chi connectivity index (χ0v) is 16.4. The summed E-state index contributed by atoms with van der Waals surface area (Å²) in [6.07, 6.45) is 0. The van der Waals surface area contributed by atoms with Gasteiger partial charge in [0.15, 0.2) is 0 Å². The summed E-state index contributed by atoms with van der Waals surface area (Å²) in [7, 11) is 0. The average Bonchev–Trinajstić information content (AvgIpc) is 3.18. The van der Waals surface area contributed by atoms with Crippen LogP contribution < -0.4 is 0 Å². The van der Waals surface area contributed by atoms with E-state index in [-0.39, 0.29) is 0 Å². The molecule has 3 aliphatic heterocycles. The normalized spacial score (nSPS) is 21.0. The van der Waals surface area contributed by atoms with Gasteiger partial charge in [0, 0.05) is 21.3 Å². The van der Waals surface area contributed by atoms with Crippen LogP contribution in [0.25, 0.3) is 11.0 Å². The Hall–Kier alpha value is 0.270. The number of aryl methyl sites for hydroxylation is 1. The average molecular weight is 399 g/mol. The van der Waals surface area contributed by atoms with Crippen molar-refractivity contribution in [2.45, 2.75) is 16.7 Å². The third-order valence-corrected chi connectivity index (χ3v) is 12.2. The molecule has 8 heteroatoms. The molecule has 5 rings (SSSR count). The minimum atomic E-state index is 0.986. The minimum Gasteiger partial charge on any atom is -0.342 e. The number of fused-ring (bicyclic) bond motifs is 2. The number of rotatable bonds is 0. The molecule has 0 saturated heterocycles. The molecule has 2 nitrogen and oxygen atoms in total. The molecule has 0 aliphatic carbocycles. The molecule has 22 heavy (non-hydrogen) atoms. The highest BCUT2D eigenvalue weighted by Gasteiger charge is 2.30. The lowest BCUT2D eigenvalue weighted by atomic mass is 10.3. The Bertz CT molecular complexity index is 801. The lowest BCUT2D eigenvalue weighted by molar-refractivity contribution is 1.17. The molecule has 0 atom stereocenters. The SMILES string of the molecule is Cc1nc2cc3c(cc2[nH]1)SC(=C1SC2=C(SCCS2)S1)S3. The van der Waals surface area contributed by atoms with Gasteiger partial charge in [0.05, 0.1) is 28.0 Å². The van der Waals surface area contributed by atoms with Crippen LogP contribution in [0.2, 0.25) is 0 Å². The summed E-state index contributed by atoms with van der Waals surface area (Å²) in [6, 6.07) is 4.47. The molecule has 0 saturated carbocycles. The number of imidazole rings is 1. The Morgan fingerprint density at radius 1 is 0.864 bits per heavy atom. The Morgan fingerprint density at radius 3 is 2.23 bits per heavy atom. The first kappa shape index (κ1) is 14.6. The molecule has 0 bridgehead atoms. The van der Waals surface area contributed by atoms with E-state index in [1.54, 1.807) is 0 Å². The molecule has 0 amide bonds. The van der Waals surface area contributed by atoms with Crippen LogP contribution in [-0.4, -0.2) is 21.5 Å². The highest BCUT2D eigenvalue weighted by Crippen LogP contribution is 2.65. The first-order chi connectivity index (χ1) is 10.8. The molecule has 1 N–H and O–H groups in total. The first-order valence-corrected chi connectivity index (χ1v) is 12.0. The summed E-state index contributed by atoms with van der Waals surface area (Å²) in [5.74, 6) is 3.48. The van der Waals surface area contributed by atoms with Crippen molar-refractivity contribution in [1.29, 1.82) is 0 Å². The molecule has 3 aliphatic rings. The fourth-order valence-corrected chi connectivity index (χ4v) is 11.2. The van der Waals surface area contributed by atoms with Gasteiger partial charge in [-0.2, -0.15) is 0 Å². The molecule has 2 aromatic rings. The smallest absolute Gasteiger partial charge is 0.104 e. The third-order valence-electron chi connectivity index (χ3n) is 3.32. The third kappa shape index (κ3) is 2.46. The summed E-state index contributed by atoms with van der Waals surface area (Å²) in [5.41, 5.74) is 2.22. The van der Waals surface area contributed by atoms with E-state index in [2.05, 4.69) is 22.1 Å². The summed E-state index contributed by atoms with van der Waals surface area (Å²) in [6.45, 7) is 2.01. The van der Waals surface area contributed by atoms with Crippen molar-refractivity contribution in [2.24, 2.45) is 0 Å². The van der Waals surface area contributed by atoms with E-state index in [0.717, 1.165) is 16.9 Å². The first-order valence-electron chi connectivity index (χ1n) is 6.72. The van der Waals surface area contributed by atoms with E-state index in [9.17, 15) is 0 Å². The van der Waals surface area contributed by atoms with Crippen molar-refractivity contribution in [3.63, 3.8) is 0 Å². The fourth-order valence-electron chi connectivity index (χ4n) is 2.41. The number of hydrogen-bond donors (Lipinski definition) is 1. The van der Waals surface area contributed by atoms with E-state index in [4.69, 9.17) is 0 Å². The van der Waals surface area contributed by atoms with Gasteiger partial charge in [-0.15, -0.1) is 23.5 Å². The van der Waals surface area contributed by atoms with Crippen molar-refractivity contribution in [3.05, 3.63) is 34.9 Å². The zero-order valence-electron chi connectivity index (χ0n) is 11.5. The number of aromatic nitrogens is 2. The van der Waals surface area contributed by atoms with Gasteiger partial charge in [-0.25, -0.2) is 4.98 Å². The van der Waals surface area contributed by atoms with Crippen LogP contribution in [0.3, 0.4) is 0 Å². The van der Waals surface area contributed by atoms with Gasteiger partial charge in [-0.1, -0.05) is 47.0 Å². The maximum atomic E-state index is 4.55. The zero-order chi connectivity index (χ0) is 14.7. The van der Waals surface area contributed by atoms with Crippen molar-refractivity contribution >= 4 is 81.6 Å². The molecule has 1 aromatic carbocycles. The second kappa shape index (κ2) is 5.67. The van der Waals surface area contributed by atoms with Crippen LogP contribution in [0.15, 0.2) is 38.9 Å². The van der Waals surface area contributed by atoms with Gasteiger partial charge in [-0.05, 0) is 19.1 Å². The van der Waals surface area contributed by atoms with E-state index in [0.29, 0.717) is 0 Å². The van der Waals surface area contributed by atoms with Crippen LogP contribution in [0.5, 0.6) is 0 Å². The largest absolute Gasteiger partial charge is 0.342 e. The van der Waals surface area contributed by atoms with Gasteiger partial charge in [-0.3, -0.25) is 0 Å². The van der Waals surface area contributed by atoms with Crippen LogP contribution in [0.1, 0.15) is 5.82 Å². The van der Waals surface area contributed by atoms with E-state index in [1.807, 2.05) is 77.5 Å². The lowest BCUT2D eigenvalue weighted by Gasteiger charge is -2.08. The molecular formula is C14H10N2S6. The van der Waals surface area contributed by atoms with Gasteiger partial charge < -0.3 is 4.98 Å². The van der Waals surface area contributed by atoms with Crippen molar-refractivity contribution in [1.82, 2.24) is 9.97 Å². The predicted molar refractivity (Wildman–Crippen MR) is 107 cm³/mol. The summed E-state index contributed by atoms with van der Waals surface area (Å²) in [5, 5.41) is 0. The molecule has 4 heterocycles. The molecule has 0 spiro atoms. The highest BCUT2D eigenvalue weighted by atomic mass is 32.3. The number of H-pyrrole nitrogens is 1. The molecular weight excluding hydrogens is 389 g/mol. The van der Waals surface area contributed by atoms with E-state index >= 15 is 0 Å². The lowest BCUT2D eigenvalue weighted by Crippen LogP contribution is -1.88. The highest BCUT2D eigenvalue weighted by molar-refractivity contribution is 8.42. The summed E-state index contributed by atoms with van der Waals surface area (Å²) < 4.78 is 5.94. The molecule has 1 aromatic heterocycles. The molecule has 112 valence electrons. The second-order valence-corrected chi connectivity index (χ2v) is 12.3. The van der Waals surface area contributed by atoms with Gasteiger partial charge in [0.25, 0.3) is 0 Å². The summed E-state index contributed by atoms with van der Waals surface area (Å²) >= 11 is 11.8. The van der Waals surface area contributed by atoms with E-state index in [1.165, 1.54) is 38.2 Å². The Balaban J connectivity index is 1.48. The van der Waals surface area contributed by atoms with Crippen molar-refractivity contribution < 1.29 is 0 Å². The minimum absolute atomic E-state index is 0.986. The summed E-state index contributed by atoms with van der Waals surface area (Å²) in [4.78, 5) is 10.6. The number of nitrogens with zero attached hydrogens (tertiary/aromatic N) is 1. The van der Waals surface area contributed by atoms with Gasteiger partial charge >= 0.3 is 0 Å². The van der Waals surface area contributed by atoms with E-state index < -0.39 is 0 Å². The maximum Gasteiger partial charge on any atom is 0.104 e. The van der Waals surface area contributed by atoms with Crippen LogP contribution in [-0.2, 0) is 0 Å². The molecule has 0 fully saturated rings. The van der Waals surface area contributed by atoms with Gasteiger partial charge in [0.1, 0.15) is 5.82 Å². The van der Waals surface area contributed by atoms with Gasteiger partial charge in [0.2, 0.25) is 0 Å². The number of benzene rings is 1. The van der Waals surface area contributed by atoms with Crippen LogP contribution >= 0.6 is 70.6 Å². The topological polar surface area (TPSA) is 28.7 Å². The van der Waals surface area contributed by atoms with Crippen LogP contribution in [0, 0.1) is 6.92 Å². The fraction of sp³-hybridized carbons (Fsp3) is 0.214. The standard InChI is InChI=1S/C14H10N2S6/c1-6-15-7-4-9-10(5-8(7)16-6)20-13(19-9)14-21-11-12(22-14)18-3-2-17-11/h4-5H,2-3H2,1H3,(H,15,16). The number of aromatic amines is 1. The Kier molecular flexibility index (Phi) is 3.76. The Morgan fingerprint density at radius 2 is 1.50 bits per heavy atom. The number of thioether (sulfide) groups is 6. The number of nitrogens with one attached hydrogen (secondary N) is 1. The quantitative estimate of drug-likeness (QED) is 0.558. The molecule has 0 unspecified atom stereocenters. The molecule has 0 radical (unpaired) electrons. The van der Waals surface area contributed by atoms with Crippen molar-refractivity contribution in [2.75, 3.05) is 11.5 Å². The number of hydrogen-bond acceptors (Lipinski definition) is 7. The maximum absolute atomic E-state index is 4.55. The van der Waals surface area contributed by atoms with Crippen molar-refractivity contribution in [3.8, 4) is 0 Å². The monoisotopic (exact) mass is 398 g/mol. The van der Waals surface area contributed by atoms with Crippen LogP contribution in [0.4, 0.5) is 0 Å². The predicted octanol–water partition coefficient (Wildman–Crippen LogP) is 6.28. The second-order valence-electron chi connectivity index (χ2n) is 4.89. The Labute approximate surface area is 153 Å².